The van der Waals surface area contributed by atoms with Gasteiger partial charge in [0.15, 0.2) is 23.3 Å². The summed E-state index contributed by atoms with van der Waals surface area (Å²) in [4.78, 5) is 15.6. The molecular weight excluding hydrogens is 333 g/mol. The summed E-state index contributed by atoms with van der Waals surface area (Å²) in [6, 6.07) is 4.67. The number of rotatable bonds is 4. The van der Waals surface area contributed by atoms with Crippen LogP contribution in [0.4, 0.5) is 22.0 Å². The van der Waals surface area contributed by atoms with Crippen LogP contribution in [0.15, 0.2) is 30.0 Å². The van der Waals surface area contributed by atoms with Crippen molar-refractivity contribution in [1.29, 1.82) is 0 Å². The summed E-state index contributed by atoms with van der Waals surface area (Å²) in [5, 5.41) is 0. The van der Waals surface area contributed by atoms with E-state index < -0.39 is 47.0 Å². The van der Waals surface area contributed by atoms with Gasteiger partial charge in [-0.3, -0.25) is 4.98 Å². The van der Waals surface area contributed by atoms with Crippen molar-refractivity contribution in [3.63, 3.8) is 0 Å². The lowest BCUT2D eigenvalue weighted by Gasteiger charge is -2.10. The molecule has 0 saturated carbocycles. The van der Waals surface area contributed by atoms with Gasteiger partial charge >= 0.3 is 5.97 Å². The molecule has 1 aromatic heterocycles. The van der Waals surface area contributed by atoms with Crippen molar-refractivity contribution in [1.82, 2.24) is 4.98 Å². The number of pyridine rings is 1. The van der Waals surface area contributed by atoms with E-state index in [0.29, 0.717) is 0 Å². The molecule has 24 heavy (non-hydrogen) atoms. The molecule has 0 aliphatic carbocycles. The van der Waals surface area contributed by atoms with E-state index in [9.17, 15) is 26.7 Å². The number of aromatic nitrogens is 1. The van der Waals surface area contributed by atoms with Gasteiger partial charge in [0.2, 0.25) is 5.82 Å². The van der Waals surface area contributed by atoms with Crippen LogP contribution in [0.3, 0.4) is 0 Å². The molecule has 0 atom stereocenters. The number of nitrogens with zero attached hydrogens (tertiary/aromatic N) is 1. The molecular formula is C16H10F5NO2. The van der Waals surface area contributed by atoms with Crippen LogP contribution >= 0.6 is 0 Å². The minimum Gasteiger partial charge on any atom is -0.466 e. The van der Waals surface area contributed by atoms with E-state index in [2.05, 4.69) is 9.72 Å². The maximum atomic E-state index is 13.8. The lowest BCUT2D eigenvalue weighted by atomic mass is 10.0. The molecule has 2 rings (SSSR count). The van der Waals surface area contributed by atoms with Gasteiger partial charge in [0.1, 0.15) is 0 Å². The largest absolute Gasteiger partial charge is 0.466 e. The topological polar surface area (TPSA) is 39.2 Å². The molecule has 0 aliphatic heterocycles. The number of methoxy groups -OCH3 is 1. The molecule has 1 aromatic carbocycles. The Morgan fingerprint density at radius 1 is 1.04 bits per heavy atom. The fourth-order valence-electron chi connectivity index (χ4n) is 1.95. The van der Waals surface area contributed by atoms with E-state index in [1.807, 2.05) is 0 Å². The molecule has 0 amide bonds. The predicted molar refractivity (Wildman–Crippen MR) is 74.2 cm³/mol. The first-order chi connectivity index (χ1) is 11.4. The lowest BCUT2D eigenvalue weighted by molar-refractivity contribution is -0.136. The first-order valence-corrected chi connectivity index (χ1v) is 6.57. The van der Waals surface area contributed by atoms with Crippen molar-refractivity contribution in [3.05, 3.63) is 70.3 Å². The van der Waals surface area contributed by atoms with Gasteiger partial charge in [0.05, 0.1) is 12.8 Å². The number of ether oxygens (including phenoxy) is 1. The molecule has 0 bridgehead atoms. The van der Waals surface area contributed by atoms with E-state index in [4.69, 9.17) is 0 Å². The van der Waals surface area contributed by atoms with E-state index in [1.54, 1.807) is 12.1 Å². The van der Waals surface area contributed by atoms with E-state index in [-0.39, 0.29) is 11.3 Å². The van der Waals surface area contributed by atoms with Crippen LogP contribution < -0.4 is 0 Å². The molecule has 0 fully saturated rings. The number of carbonyl (C=O) groups is 1. The highest BCUT2D eigenvalue weighted by molar-refractivity contribution is 5.93. The summed E-state index contributed by atoms with van der Waals surface area (Å²) in [6.07, 6.45) is 1.69. The standard InChI is InChI=1S/C16H10F5NO2/c1-24-16(23)8(6-9-4-2-3-5-22-9)7-10-11(17)13(19)15(21)14(20)12(10)18/h2-6H,7H2,1H3/b8-6+. The molecule has 0 N–H and O–H groups in total. The Bertz CT molecular complexity index is 777. The second kappa shape index (κ2) is 7.20. The second-order valence-corrected chi connectivity index (χ2v) is 4.64. The Balaban J connectivity index is 2.53. The zero-order valence-electron chi connectivity index (χ0n) is 12.2. The van der Waals surface area contributed by atoms with Gasteiger partial charge in [0, 0.05) is 23.8 Å². The molecule has 0 saturated heterocycles. The Morgan fingerprint density at radius 3 is 2.12 bits per heavy atom. The summed E-state index contributed by atoms with van der Waals surface area (Å²) in [7, 11) is 1.02. The van der Waals surface area contributed by atoms with Crippen molar-refractivity contribution in [3.8, 4) is 0 Å². The number of halogens is 5. The molecule has 0 unspecified atom stereocenters. The smallest absolute Gasteiger partial charge is 0.334 e. The Morgan fingerprint density at radius 2 is 1.62 bits per heavy atom. The highest BCUT2D eigenvalue weighted by Gasteiger charge is 2.27. The average Bonchev–Trinajstić information content (AvgIpc) is 2.61. The molecule has 1 heterocycles. The Hall–Kier alpha value is -2.77. The third kappa shape index (κ3) is 3.42. The summed E-state index contributed by atoms with van der Waals surface area (Å²) < 4.78 is 71.6. The van der Waals surface area contributed by atoms with Crippen LogP contribution in [0.25, 0.3) is 6.08 Å². The zero-order chi connectivity index (χ0) is 17.9. The highest BCUT2D eigenvalue weighted by atomic mass is 19.2. The van der Waals surface area contributed by atoms with Gasteiger partial charge in [-0.05, 0) is 18.2 Å². The van der Waals surface area contributed by atoms with Gasteiger partial charge in [-0.1, -0.05) is 6.07 Å². The summed E-state index contributed by atoms with van der Waals surface area (Å²) in [6.45, 7) is 0. The van der Waals surface area contributed by atoms with Crippen LogP contribution in [0.5, 0.6) is 0 Å². The quantitative estimate of drug-likeness (QED) is 0.280. The first kappa shape index (κ1) is 17.6. The van der Waals surface area contributed by atoms with Gasteiger partial charge in [-0.15, -0.1) is 0 Å². The molecule has 0 radical (unpaired) electrons. The maximum Gasteiger partial charge on any atom is 0.334 e. The molecule has 126 valence electrons. The third-order valence-corrected chi connectivity index (χ3v) is 3.13. The van der Waals surface area contributed by atoms with Crippen LogP contribution in [0, 0.1) is 29.1 Å². The van der Waals surface area contributed by atoms with Crippen molar-refractivity contribution >= 4 is 12.0 Å². The van der Waals surface area contributed by atoms with Crippen molar-refractivity contribution < 1.29 is 31.5 Å². The summed E-state index contributed by atoms with van der Waals surface area (Å²) in [5.41, 5.74) is -1.19. The minimum atomic E-state index is -2.26. The summed E-state index contributed by atoms with van der Waals surface area (Å²) in [5.74, 6) is -11.4. The third-order valence-electron chi connectivity index (χ3n) is 3.13. The summed E-state index contributed by atoms with van der Waals surface area (Å²) >= 11 is 0. The Kier molecular flexibility index (Phi) is 5.28. The van der Waals surface area contributed by atoms with Gasteiger partial charge in [0.25, 0.3) is 0 Å². The normalized spacial score (nSPS) is 11.5. The number of esters is 1. The molecule has 3 nitrogen and oxygen atoms in total. The minimum absolute atomic E-state index is 0.252. The van der Waals surface area contributed by atoms with E-state index >= 15 is 0 Å². The van der Waals surface area contributed by atoms with Crippen molar-refractivity contribution in [2.24, 2.45) is 0 Å². The second-order valence-electron chi connectivity index (χ2n) is 4.64. The first-order valence-electron chi connectivity index (χ1n) is 6.57. The molecule has 0 spiro atoms. The molecule has 2 aromatic rings. The maximum absolute atomic E-state index is 13.8. The number of carbonyl (C=O) groups excluding carboxylic acids is 1. The van der Waals surface area contributed by atoms with Crippen LogP contribution in [-0.2, 0) is 16.0 Å². The van der Waals surface area contributed by atoms with Crippen LogP contribution in [-0.4, -0.2) is 18.1 Å². The van der Waals surface area contributed by atoms with E-state index in [0.717, 1.165) is 13.2 Å². The van der Waals surface area contributed by atoms with Crippen molar-refractivity contribution in [2.75, 3.05) is 7.11 Å². The monoisotopic (exact) mass is 343 g/mol. The highest BCUT2D eigenvalue weighted by Crippen LogP contribution is 2.25. The van der Waals surface area contributed by atoms with E-state index in [1.165, 1.54) is 12.3 Å². The SMILES string of the molecule is COC(=O)/C(=C/c1ccccn1)Cc1c(F)c(F)c(F)c(F)c1F. The average molecular weight is 343 g/mol. The Labute approximate surface area is 133 Å². The van der Waals surface area contributed by atoms with Gasteiger partial charge < -0.3 is 4.74 Å². The number of hydrogen-bond donors (Lipinski definition) is 0. The fraction of sp³-hybridized carbons (Fsp3) is 0.125. The van der Waals surface area contributed by atoms with Crippen LogP contribution in [0.1, 0.15) is 11.3 Å². The van der Waals surface area contributed by atoms with Crippen LogP contribution in [0.2, 0.25) is 0 Å². The molecule has 8 heteroatoms. The molecule has 0 aliphatic rings. The zero-order valence-corrected chi connectivity index (χ0v) is 12.2. The van der Waals surface area contributed by atoms with Gasteiger partial charge in [-0.2, -0.15) is 0 Å². The van der Waals surface area contributed by atoms with Crippen molar-refractivity contribution in [2.45, 2.75) is 6.42 Å². The van der Waals surface area contributed by atoms with Gasteiger partial charge in [-0.25, -0.2) is 26.7 Å². The lowest BCUT2D eigenvalue weighted by Crippen LogP contribution is -2.13. The fourth-order valence-corrected chi connectivity index (χ4v) is 1.95. The predicted octanol–water partition coefficient (Wildman–Crippen LogP) is 3.58. The number of hydrogen-bond acceptors (Lipinski definition) is 3. The number of benzene rings is 1.